The van der Waals surface area contributed by atoms with Crippen LogP contribution in [0, 0.1) is 0 Å². The molecule has 2 aromatic rings. The number of nitrogens with one attached hydrogen (secondary N) is 1. The summed E-state index contributed by atoms with van der Waals surface area (Å²) in [4.78, 5) is 26.2. The van der Waals surface area contributed by atoms with Gasteiger partial charge in [0, 0.05) is 28.3 Å². The number of rotatable bonds is 6. The molecule has 8 heteroatoms. The number of amides is 1. The van der Waals surface area contributed by atoms with Crippen molar-refractivity contribution in [1.82, 2.24) is 19.5 Å². The summed E-state index contributed by atoms with van der Waals surface area (Å²) in [6, 6.07) is 1.83. The number of aliphatic hydroxyl groups is 1. The van der Waals surface area contributed by atoms with Crippen LogP contribution in [0.25, 0.3) is 5.52 Å². The summed E-state index contributed by atoms with van der Waals surface area (Å²) in [5.74, 6) is 0.598. The molecule has 1 amide bonds. The van der Waals surface area contributed by atoms with E-state index in [0.29, 0.717) is 23.6 Å². The first kappa shape index (κ1) is 19.9. The van der Waals surface area contributed by atoms with E-state index in [1.807, 2.05) is 30.5 Å². The average molecular weight is 393 g/mol. The SMILES string of the molecule is CC(C)Sc1cc2c(=O)n(CC(=O)NC3CC(C)(O)C3)nc(C(C)C)n2c1. The van der Waals surface area contributed by atoms with Gasteiger partial charge in [-0.2, -0.15) is 5.10 Å². The van der Waals surface area contributed by atoms with Gasteiger partial charge in [-0.15, -0.1) is 11.8 Å². The molecule has 0 radical (unpaired) electrons. The fourth-order valence-electron chi connectivity index (χ4n) is 3.49. The molecule has 0 bridgehead atoms. The lowest BCUT2D eigenvalue weighted by molar-refractivity contribution is -0.125. The zero-order valence-electron chi connectivity index (χ0n) is 16.5. The van der Waals surface area contributed by atoms with Crippen LogP contribution in [0.2, 0.25) is 0 Å². The van der Waals surface area contributed by atoms with Crippen LogP contribution in [0.3, 0.4) is 0 Å². The van der Waals surface area contributed by atoms with Crippen molar-refractivity contribution in [1.29, 1.82) is 0 Å². The van der Waals surface area contributed by atoms with Crippen LogP contribution in [0.5, 0.6) is 0 Å². The van der Waals surface area contributed by atoms with Gasteiger partial charge in [-0.1, -0.05) is 27.7 Å². The molecule has 1 aliphatic carbocycles. The topological polar surface area (TPSA) is 88.6 Å². The second kappa shape index (κ2) is 7.31. The van der Waals surface area contributed by atoms with Gasteiger partial charge in [-0.05, 0) is 25.8 Å². The predicted octanol–water partition coefficient (Wildman–Crippen LogP) is 2.15. The number of hydrogen-bond acceptors (Lipinski definition) is 5. The predicted molar refractivity (Wildman–Crippen MR) is 106 cm³/mol. The summed E-state index contributed by atoms with van der Waals surface area (Å²) < 4.78 is 3.09. The molecular weight excluding hydrogens is 364 g/mol. The molecule has 1 aliphatic rings. The van der Waals surface area contributed by atoms with Crippen molar-refractivity contribution in [2.45, 2.75) is 81.7 Å². The molecule has 0 spiro atoms. The third-order valence-electron chi connectivity index (χ3n) is 4.64. The molecule has 7 nitrogen and oxygen atoms in total. The molecule has 2 N–H and O–H groups in total. The van der Waals surface area contributed by atoms with E-state index >= 15 is 0 Å². The van der Waals surface area contributed by atoms with Crippen molar-refractivity contribution < 1.29 is 9.90 Å². The third-order valence-corrected chi connectivity index (χ3v) is 5.60. The lowest BCUT2D eigenvalue weighted by atomic mass is 9.77. The summed E-state index contributed by atoms with van der Waals surface area (Å²) in [5, 5.41) is 17.5. The number of thioether (sulfide) groups is 1. The Morgan fingerprint density at radius 1 is 1.41 bits per heavy atom. The van der Waals surface area contributed by atoms with Crippen LogP contribution >= 0.6 is 11.8 Å². The largest absolute Gasteiger partial charge is 0.390 e. The van der Waals surface area contributed by atoms with E-state index < -0.39 is 5.60 Å². The Balaban J connectivity index is 1.87. The van der Waals surface area contributed by atoms with E-state index in [2.05, 4.69) is 24.3 Å². The van der Waals surface area contributed by atoms with Crippen LogP contribution in [0.15, 0.2) is 22.0 Å². The van der Waals surface area contributed by atoms with Gasteiger partial charge in [0.1, 0.15) is 17.9 Å². The minimum Gasteiger partial charge on any atom is -0.390 e. The highest BCUT2D eigenvalue weighted by atomic mass is 32.2. The first-order valence-corrected chi connectivity index (χ1v) is 10.3. The van der Waals surface area contributed by atoms with Crippen LogP contribution in [-0.4, -0.2) is 42.1 Å². The van der Waals surface area contributed by atoms with Gasteiger partial charge in [0.15, 0.2) is 0 Å². The van der Waals surface area contributed by atoms with E-state index in [-0.39, 0.29) is 30.0 Å². The lowest BCUT2D eigenvalue weighted by Gasteiger charge is -2.41. The highest BCUT2D eigenvalue weighted by molar-refractivity contribution is 7.99. The molecule has 1 fully saturated rings. The standard InChI is InChI=1S/C19H28N4O3S/c1-11(2)17-21-23(10-16(24)20-13-7-19(5,26)8-13)18(25)15-6-14(9-22(15)17)27-12(3)4/h6,9,11-13,26H,7-8,10H2,1-5H3,(H,20,24). The number of hydrogen-bond donors (Lipinski definition) is 2. The van der Waals surface area contributed by atoms with Gasteiger partial charge in [0.25, 0.3) is 5.56 Å². The Bertz CT molecular complexity index is 906. The Morgan fingerprint density at radius 3 is 2.63 bits per heavy atom. The maximum Gasteiger partial charge on any atom is 0.291 e. The normalized spacial score (nSPS) is 22.4. The van der Waals surface area contributed by atoms with Gasteiger partial charge in [-0.3, -0.25) is 14.0 Å². The monoisotopic (exact) mass is 392 g/mol. The van der Waals surface area contributed by atoms with Gasteiger partial charge in [-0.25, -0.2) is 4.68 Å². The Labute approximate surface area is 163 Å². The van der Waals surface area contributed by atoms with Crippen molar-refractivity contribution in [2.24, 2.45) is 0 Å². The molecule has 3 rings (SSSR count). The fraction of sp³-hybridized carbons (Fsp3) is 0.632. The van der Waals surface area contributed by atoms with Crippen LogP contribution < -0.4 is 10.9 Å². The molecule has 27 heavy (non-hydrogen) atoms. The summed E-state index contributed by atoms with van der Waals surface area (Å²) in [6.45, 7) is 9.88. The number of aromatic nitrogens is 3. The van der Waals surface area contributed by atoms with Crippen molar-refractivity contribution in [3.8, 4) is 0 Å². The first-order valence-electron chi connectivity index (χ1n) is 9.37. The molecule has 0 saturated heterocycles. The molecule has 0 aliphatic heterocycles. The highest BCUT2D eigenvalue weighted by Gasteiger charge is 2.39. The fourth-order valence-corrected chi connectivity index (χ4v) is 4.38. The van der Waals surface area contributed by atoms with Gasteiger partial charge < -0.3 is 10.4 Å². The molecular formula is C19H28N4O3S. The van der Waals surface area contributed by atoms with Gasteiger partial charge in [0.2, 0.25) is 5.91 Å². The third kappa shape index (κ3) is 4.38. The lowest BCUT2D eigenvalue weighted by Crippen LogP contribution is -2.54. The number of carbonyl (C=O) groups is 1. The van der Waals surface area contributed by atoms with Gasteiger partial charge in [0.05, 0.1) is 5.60 Å². The second-order valence-electron chi connectivity index (χ2n) is 8.24. The van der Waals surface area contributed by atoms with E-state index in [9.17, 15) is 14.7 Å². The first-order chi connectivity index (χ1) is 12.6. The maximum atomic E-state index is 12.9. The molecule has 0 aromatic carbocycles. The van der Waals surface area contributed by atoms with E-state index in [4.69, 9.17) is 0 Å². The van der Waals surface area contributed by atoms with E-state index in [1.54, 1.807) is 18.7 Å². The van der Waals surface area contributed by atoms with Crippen molar-refractivity contribution in [2.75, 3.05) is 0 Å². The molecule has 148 valence electrons. The molecule has 0 unspecified atom stereocenters. The quantitative estimate of drug-likeness (QED) is 0.736. The minimum atomic E-state index is -0.701. The van der Waals surface area contributed by atoms with Gasteiger partial charge >= 0.3 is 0 Å². The summed E-state index contributed by atoms with van der Waals surface area (Å²) in [5.41, 5.74) is -0.435. The molecule has 1 saturated carbocycles. The molecule has 2 aromatic heterocycles. The summed E-state index contributed by atoms with van der Waals surface area (Å²) in [7, 11) is 0. The van der Waals surface area contributed by atoms with E-state index in [0.717, 1.165) is 10.7 Å². The summed E-state index contributed by atoms with van der Waals surface area (Å²) in [6.07, 6.45) is 3.02. The van der Waals surface area contributed by atoms with Crippen LogP contribution in [-0.2, 0) is 11.3 Å². The molecule has 0 atom stereocenters. The smallest absolute Gasteiger partial charge is 0.291 e. The Morgan fingerprint density at radius 2 is 2.07 bits per heavy atom. The van der Waals surface area contributed by atoms with Crippen molar-refractivity contribution >= 4 is 23.2 Å². The van der Waals surface area contributed by atoms with Crippen LogP contribution in [0.1, 0.15) is 59.2 Å². The zero-order valence-corrected chi connectivity index (χ0v) is 17.3. The minimum absolute atomic E-state index is 0.0427. The highest BCUT2D eigenvalue weighted by Crippen LogP contribution is 2.31. The zero-order chi connectivity index (χ0) is 19.9. The number of carbonyl (C=O) groups excluding carboxylic acids is 1. The second-order valence-corrected chi connectivity index (χ2v) is 9.89. The summed E-state index contributed by atoms with van der Waals surface area (Å²) >= 11 is 1.69. The number of nitrogens with zero attached hydrogens (tertiary/aromatic N) is 3. The number of fused-ring (bicyclic) bond motifs is 1. The van der Waals surface area contributed by atoms with Crippen molar-refractivity contribution in [3.63, 3.8) is 0 Å². The Hall–Kier alpha value is -1.80. The van der Waals surface area contributed by atoms with E-state index in [1.165, 1.54) is 4.68 Å². The van der Waals surface area contributed by atoms with Crippen LogP contribution in [0.4, 0.5) is 0 Å². The maximum absolute atomic E-state index is 12.9. The molecule has 2 heterocycles. The van der Waals surface area contributed by atoms with Crippen molar-refractivity contribution in [3.05, 3.63) is 28.4 Å². The Kier molecular flexibility index (Phi) is 5.40. The average Bonchev–Trinajstić information content (AvgIpc) is 2.90.